The van der Waals surface area contributed by atoms with E-state index in [2.05, 4.69) is 4.98 Å². The lowest BCUT2D eigenvalue weighted by Crippen LogP contribution is -1.87. The van der Waals surface area contributed by atoms with Crippen molar-refractivity contribution in [1.82, 2.24) is 4.98 Å². The number of nitrogens with zero attached hydrogens (tertiary/aromatic N) is 1. The molecule has 3 nitrogen and oxygen atoms in total. The summed E-state index contributed by atoms with van der Waals surface area (Å²) < 4.78 is 9.74. The van der Waals surface area contributed by atoms with E-state index in [1.54, 1.807) is 32.5 Å². The first kappa shape index (κ1) is 6.86. The molecule has 0 saturated carbocycles. The van der Waals surface area contributed by atoms with Gasteiger partial charge in [-0.2, -0.15) is 0 Å². The van der Waals surface area contributed by atoms with Crippen LogP contribution in [0.4, 0.5) is 0 Å². The second kappa shape index (κ2) is 3.06. The Morgan fingerprint density at radius 2 is 2.00 bits per heavy atom. The molecule has 0 aliphatic heterocycles. The SMILES string of the molecule is COc1ccc(OC)nc1. The minimum atomic E-state index is 0.598. The molecule has 0 N–H and O–H groups in total. The van der Waals surface area contributed by atoms with Gasteiger partial charge in [0.15, 0.2) is 0 Å². The van der Waals surface area contributed by atoms with Crippen LogP contribution in [-0.2, 0) is 0 Å². The minimum absolute atomic E-state index is 0.598. The second-order valence-corrected chi connectivity index (χ2v) is 1.74. The number of hydrogen-bond donors (Lipinski definition) is 0. The molecule has 0 aliphatic rings. The van der Waals surface area contributed by atoms with E-state index in [9.17, 15) is 0 Å². The van der Waals surface area contributed by atoms with Gasteiger partial charge in [0.25, 0.3) is 0 Å². The highest BCUT2D eigenvalue weighted by Gasteiger charge is 1.91. The topological polar surface area (TPSA) is 31.4 Å². The fourth-order valence-corrected chi connectivity index (χ4v) is 0.608. The molecule has 3 heteroatoms. The van der Waals surface area contributed by atoms with Crippen LogP contribution in [0.25, 0.3) is 0 Å². The molecular formula is C7H9NO2. The lowest BCUT2D eigenvalue weighted by molar-refractivity contribution is 0.387. The van der Waals surface area contributed by atoms with Crippen molar-refractivity contribution < 1.29 is 9.47 Å². The quantitative estimate of drug-likeness (QED) is 0.614. The van der Waals surface area contributed by atoms with Crippen LogP contribution in [0.15, 0.2) is 18.3 Å². The van der Waals surface area contributed by atoms with Crippen molar-refractivity contribution >= 4 is 0 Å². The molecular weight excluding hydrogens is 130 g/mol. The predicted octanol–water partition coefficient (Wildman–Crippen LogP) is 1.10. The summed E-state index contributed by atoms with van der Waals surface area (Å²) in [7, 11) is 3.18. The highest BCUT2D eigenvalue weighted by molar-refractivity contribution is 5.22. The van der Waals surface area contributed by atoms with Crippen molar-refractivity contribution in [3.05, 3.63) is 18.3 Å². The molecule has 0 bridgehead atoms. The Bertz CT molecular complexity index is 172. The molecule has 54 valence electrons. The van der Waals surface area contributed by atoms with Gasteiger partial charge >= 0.3 is 0 Å². The van der Waals surface area contributed by atoms with Crippen LogP contribution >= 0.6 is 0 Å². The Hall–Kier alpha value is -1.25. The molecule has 0 aliphatic carbocycles. The zero-order valence-corrected chi connectivity index (χ0v) is 6.00. The van der Waals surface area contributed by atoms with Gasteiger partial charge in [-0.1, -0.05) is 0 Å². The Labute approximate surface area is 59.6 Å². The molecule has 10 heavy (non-hydrogen) atoms. The number of rotatable bonds is 2. The first-order valence-electron chi connectivity index (χ1n) is 2.91. The average molecular weight is 139 g/mol. The summed E-state index contributed by atoms with van der Waals surface area (Å²) in [6, 6.07) is 3.55. The Balaban J connectivity index is 2.80. The third-order valence-electron chi connectivity index (χ3n) is 1.15. The van der Waals surface area contributed by atoms with Crippen molar-refractivity contribution in [3.8, 4) is 11.6 Å². The van der Waals surface area contributed by atoms with E-state index < -0.39 is 0 Å². The van der Waals surface area contributed by atoms with E-state index in [1.165, 1.54) is 0 Å². The van der Waals surface area contributed by atoms with E-state index in [-0.39, 0.29) is 0 Å². The van der Waals surface area contributed by atoms with Crippen molar-refractivity contribution in [3.63, 3.8) is 0 Å². The van der Waals surface area contributed by atoms with Gasteiger partial charge in [0.05, 0.1) is 20.4 Å². The third-order valence-corrected chi connectivity index (χ3v) is 1.15. The average Bonchev–Trinajstić information content (AvgIpc) is 2.05. The lowest BCUT2D eigenvalue weighted by Gasteiger charge is -1.99. The Morgan fingerprint density at radius 1 is 1.20 bits per heavy atom. The molecule has 0 radical (unpaired) electrons. The fourth-order valence-electron chi connectivity index (χ4n) is 0.608. The predicted molar refractivity (Wildman–Crippen MR) is 37.3 cm³/mol. The first-order chi connectivity index (χ1) is 4.86. The van der Waals surface area contributed by atoms with Crippen molar-refractivity contribution in [2.75, 3.05) is 14.2 Å². The van der Waals surface area contributed by atoms with Crippen molar-refractivity contribution in [1.29, 1.82) is 0 Å². The molecule has 0 amide bonds. The zero-order chi connectivity index (χ0) is 7.40. The third kappa shape index (κ3) is 1.37. The summed E-state index contributed by atoms with van der Waals surface area (Å²) in [5.41, 5.74) is 0. The number of ether oxygens (including phenoxy) is 2. The van der Waals surface area contributed by atoms with Crippen molar-refractivity contribution in [2.24, 2.45) is 0 Å². The number of hydrogen-bond acceptors (Lipinski definition) is 3. The smallest absolute Gasteiger partial charge is 0.213 e. The van der Waals surface area contributed by atoms with Gasteiger partial charge in [0.1, 0.15) is 5.75 Å². The number of pyridine rings is 1. The standard InChI is InChI=1S/C7H9NO2/c1-9-6-3-4-7(10-2)8-5-6/h3-5H,1-2H3. The van der Waals surface area contributed by atoms with Gasteiger partial charge < -0.3 is 9.47 Å². The largest absolute Gasteiger partial charge is 0.495 e. The molecule has 0 spiro atoms. The van der Waals surface area contributed by atoms with E-state index >= 15 is 0 Å². The van der Waals surface area contributed by atoms with E-state index in [0.717, 1.165) is 5.75 Å². The second-order valence-electron chi connectivity index (χ2n) is 1.74. The Kier molecular flexibility index (Phi) is 2.10. The number of methoxy groups -OCH3 is 2. The molecule has 0 atom stereocenters. The van der Waals surface area contributed by atoms with Gasteiger partial charge in [-0.15, -0.1) is 0 Å². The maximum atomic E-state index is 4.90. The fraction of sp³-hybridized carbons (Fsp3) is 0.286. The van der Waals surface area contributed by atoms with Gasteiger partial charge in [0.2, 0.25) is 5.88 Å². The highest BCUT2D eigenvalue weighted by atomic mass is 16.5. The van der Waals surface area contributed by atoms with E-state index in [1.807, 2.05) is 0 Å². The molecule has 0 aromatic carbocycles. The number of aromatic nitrogens is 1. The maximum Gasteiger partial charge on any atom is 0.213 e. The zero-order valence-electron chi connectivity index (χ0n) is 6.00. The normalized spacial score (nSPS) is 9.00. The van der Waals surface area contributed by atoms with Crippen LogP contribution < -0.4 is 9.47 Å². The lowest BCUT2D eigenvalue weighted by atomic mass is 10.4. The van der Waals surface area contributed by atoms with E-state index in [4.69, 9.17) is 9.47 Å². The van der Waals surface area contributed by atoms with Crippen molar-refractivity contribution in [2.45, 2.75) is 0 Å². The summed E-state index contributed by atoms with van der Waals surface area (Å²) in [5, 5.41) is 0. The summed E-state index contributed by atoms with van der Waals surface area (Å²) in [5.74, 6) is 1.33. The summed E-state index contributed by atoms with van der Waals surface area (Å²) in [6.07, 6.45) is 1.61. The molecule has 1 aromatic rings. The summed E-state index contributed by atoms with van der Waals surface area (Å²) in [4.78, 5) is 3.92. The summed E-state index contributed by atoms with van der Waals surface area (Å²) in [6.45, 7) is 0. The van der Waals surface area contributed by atoms with Gasteiger partial charge in [0, 0.05) is 6.07 Å². The van der Waals surface area contributed by atoms with Crippen LogP contribution in [0.3, 0.4) is 0 Å². The molecule has 1 aromatic heterocycles. The van der Waals surface area contributed by atoms with Crippen LogP contribution in [0.5, 0.6) is 11.6 Å². The van der Waals surface area contributed by atoms with Crippen LogP contribution in [0, 0.1) is 0 Å². The van der Waals surface area contributed by atoms with Crippen LogP contribution in [0.2, 0.25) is 0 Å². The minimum Gasteiger partial charge on any atom is -0.495 e. The monoisotopic (exact) mass is 139 g/mol. The first-order valence-corrected chi connectivity index (χ1v) is 2.91. The highest BCUT2D eigenvalue weighted by Crippen LogP contribution is 2.11. The van der Waals surface area contributed by atoms with Gasteiger partial charge in [-0.25, -0.2) is 4.98 Å². The van der Waals surface area contributed by atoms with Crippen LogP contribution in [0.1, 0.15) is 0 Å². The molecule has 1 heterocycles. The molecule has 1 rings (SSSR count). The van der Waals surface area contributed by atoms with Crippen LogP contribution in [-0.4, -0.2) is 19.2 Å². The molecule has 0 fully saturated rings. The van der Waals surface area contributed by atoms with Gasteiger partial charge in [-0.05, 0) is 6.07 Å². The summed E-state index contributed by atoms with van der Waals surface area (Å²) >= 11 is 0. The Morgan fingerprint density at radius 3 is 2.40 bits per heavy atom. The maximum absolute atomic E-state index is 4.90. The van der Waals surface area contributed by atoms with E-state index in [0.29, 0.717) is 5.88 Å². The van der Waals surface area contributed by atoms with Gasteiger partial charge in [-0.3, -0.25) is 0 Å². The molecule has 0 unspecified atom stereocenters. The molecule has 0 saturated heterocycles.